The first-order chi connectivity index (χ1) is 18.2. The predicted octanol–water partition coefficient (Wildman–Crippen LogP) is 5.61. The number of hydrogen-bond donors (Lipinski definition) is 0. The van der Waals surface area contributed by atoms with Gasteiger partial charge in [0.2, 0.25) is 0 Å². The number of Topliss-reactive ketones (excluding diaryl/α,β-unsaturated/α-hetero) is 1. The van der Waals surface area contributed by atoms with Crippen LogP contribution in [0.5, 0.6) is 0 Å². The van der Waals surface area contributed by atoms with E-state index in [1.807, 2.05) is 72.7 Å². The fourth-order valence-corrected chi connectivity index (χ4v) is 6.43. The van der Waals surface area contributed by atoms with E-state index >= 15 is 0 Å². The summed E-state index contributed by atoms with van der Waals surface area (Å²) in [5.74, 6) is -0.222. The smallest absolute Gasteiger partial charge is 0.460 e. The highest BCUT2D eigenvalue weighted by atomic mass is 32.1. The molecule has 1 fully saturated rings. The number of aromatic nitrogens is 1. The van der Waals surface area contributed by atoms with E-state index < -0.39 is 29.3 Å². The van der Waals surface area contributed by atoms with E-state index in [1.54, 1.807) is 11.3 Å². The SMILES string of the molecule is CC(C)(C)OC(=O)CC1(C(=O)CCc2nc3cc(B4OC(C)(C)C(C)(C)O4)ccc3s2)Cc2ccccc2C1. The maximum Gasteiger partial charge on any atom is 0.494 e. The van der Waals surface area contributed by atoms with Gasteiger partial charge in [0.1, 0.15) is 11.4 Å². The van der Waals surface area contributed by atoms with Crippen LogP contribution in [-0.2, 0) is 42.9 Å². The number of ketones is 1. The molecule has 1 aliphatic heterocycles. The molecule has 39 heavy (non-hydrogen) atoms. The van der Waals surface area contributed by atoms with Crippen molar-refractivity contribution in [2.24, 2.45) is 5.41 Å². The number of hydrogen-bond acceptors (Lipinski definition) is 7. The maximum atomic E-state index is 13.8. The van der Waals surface area contributed by atoms with Gasteiger partial charge in [-0.25, -0.2) is 4.98 Å². The molecule has 0 N–H and O–H groups in total. The fourth-order valence-electron chi connectivity index (χ4n) is 5.48. The van der Waals surface area contributed by atoms with Crippen LogP contribution in [0.3, 0.4) is 0 Å². The van der Waals surface area contributed by atoms with Gasteiger partial charge in [0.05, 0.1) is 32.8 Å². The molecule has 3 aromatic rings. The molecule has 206 valence electrons. The number of nitrogens with zero attached hydrogens (tertiary/aromatic N) is 1. The molecular weight excluding hydrogens is 509 g/mol. The van der Waals surface area contributed by atoms with E-state index in [1.165, 1.54) is 0 Å². The second kappa shape index (κ2) is 9.82. The molecular formula is C31H38BNO5S. The van der Waals surface area contributed by atoms with Crippen molar-refractivity contribution >= 4 is 45.9 Å². The first-order valence-corrected chi connectivity index (χ1v) is 14.6. The molecule has 8 heteroatoms. The van der Waals surface area contributed by atoms with Crippen LogP contribution in [0.25, 0.3) is 10.2 Å². The normalized spacial score (nSPS) is 19.3. The lowest BCUT2D eigenvalue weighted by atomic mass is 9.76. The summed E-state index contributed by atoms with van der Waals surface area (Å²) in [6, 6.07) is 14.2. The van der Waals surface area contributed by atoms with E-state index in [0.717, 1.165) is 31.8 Å². The van der Waals surface area contributed by atoms with Crippen LogP contribution in [0.2, 0.25) is 0 Å². The second-order valence-corrected chi connectivity index (χ2v) is 14.1. The largest absolute Gasteiger partial charge is 0.494 e. The number of esters is 1. The Kier molecular flexibility index (Phi) is 7.05. The monoisotopic (exact) mass is 547 g/mol. The van der Waals surface area contributed by atoms with Gasteiger partial charge in [-0.1, -0.05) is 30.3 Å². The van der Waals surface area contributed by atoms with Crippen LogP contribution >= 0.6 is 11.3 Å². The van der Waals surface area contributed by atoms with Gasteiger partial charge < -0.3 is 14.0 Å². The van der Waals surface area contributed by atoms with Gasteiger partial charge in [-0.05, 0) is 90.0 Å². The van der Waals surface area contributed by atoms with Crippen LogP contribution in [-0.4, -0.2) is 40.7 Å². The van der Waals surface area contributed by atoms with Crippen molar-refractivity contribution in [3.8, 4) is 0 Å². The topological polar surface area (TPSA) is 74.7 Å². The van der Waals surface area contributed by atoms with Crippen LogP contribution in [0.15, 0.2) is 42.5 Å². The third-order valence-electron chi connectivity index (χ3n) is 8.22. The van der Waals surface area contributed by atoms with Crippen LogP contribution in [0.1, 0.15) is 77.4 Å². The third kappa shape index (κ3) is 5.70. The van der Waals surface area contributed by atoms with Gasteiger partial charge in [0.25, 0.3) is 0 Å². The number of rotatable bonds is 7. The molecule has 1 aliphatic carbocycles. The number of thiazole rings is 1. The molecule has 0 bridgehead atoms. The van der Waals surface area contributed by atoms with E-state index in [0.29, 0.717) is 25.7 Å². The number of aryl methyl sites for hydroxylation is 1. The van der Waals surface area contributed by atoms with Crippen LogP contribution in [0.4, 0.5) is 0 Å². The van der Waals surface area contributed by atoms with Crippen molar-refractivity contribution in [1.29, 1.82) is 0 Å². The van der Waals surface area contributed by atoms with Crippen molar-refractivity contribution in [3.05, 3.63) is 58.6 Å². The van der Waals surface area contributed by atoms with Gasteiger partial charge in [-0.15, -0.1) is 11.3 Å². The lowest BCUT2D eigenvalue weighted by Gasteiger charge is -2.32. The molecule has 1 aromatic heterocycles. The van der Waals surface area contributed by atoms with Crippen molar-refractivity contribution in [1.82, 2.24) is 4.98 Å². The highest BCUT2D eigenvalue weighted by molar-refractivity contribution is 7.18. The highest BCUT2D eigenvalue weighted by Gasteiger charge is 2.51. The minimum absolute atomic E-state index is 0.0923. The van der Waals surface area contributed by atoms with E-state index in [-0.39, 0.29) is 18.2 Å². The molecule has 0 spiro atoms. The summed E-state index contributed by atoms with van der Waals surface area (Å²) in [6.45, 7) is 13.7. The summed E-state index contributed by atoms with van der Waals surface area (Å²) in [7, 11) is -0.442. The average Bonchev–Trinajstić information content (AvgIpc) is 3.46. The minimum atomic E-state index is -0.771. The van der Waals surface area contributed by atoms with Gasteiger partial charge in [-0.3, -0.25) is 9.59 Å². The average molecular weight is 548 g/mol. The summed E-state index contributed by atoms with van der Waals surface area (Å²) >= 11 is 1.60. The molecule has 0 atom stereocenters. The zero-order valence-corrected chi connectivity index (χ0v) is 24.9. The Bertz CT molecular complexity index is 1380. The summed E-state index contributed by atoms with van der Waals surface area (Å²) < 4.78 is 19.1. The predicted molar refractivity (Wildman–Crippen MR) is 155 cm³/mol. The quantitative estimate of drug-likeness (QED) is 0.283. The Balaban J connectivity index is 1.31. The zero-order valence-electron chi connectivity index (χ0n) is 24.1. The Morgan fingerprint density at radius 1 is 1.00 bits per heavy atom. The molecule has 0 radical (unpaired) electrons. The minimum Gasteiger partial charge on any atom is -0.460 e. The molecule has 0 unspecified atom stereocenters. The lowest BCUT2D eigenvalue weighted by Crippen LogP contribution is -2.41. The third-order valence-corrected chi connectivity index (χ3v) is 9.31. The van der Waals surface area contributed by atoms with Crippen LogP contribution < -0.4 is 5.46 Å². The van der Waals surface area contributed by atoms with Crippen molar-refractivity contribution in [2.45, 2.75) is 97.4 Å². The molecule has 1 saturated heterocycles. The van der Waals surface area contributed by atoms with Gasteiger partial charge in [0.15, 0.2) is 0 Å². The fraction of sp³-hybridized carbons (Fsp3) is 0.516. The number of ether oxygens (including phenoxy) is 1. The summed E-state index contributed by atoms with van der Waals surface area (Å²) in [4.78, 5) is 31.5. The molecule has 2 aliphatic rings. The maximum absolute atomic E-state index is 13.8. The number of carbonyl (C=O) groups excluding carboxylic acids is 2. The molecule has 0 amide bonds. The standard InChI is InChI=1S/C31H38BNO5S/c1-28(2,3)36-27(35)19-31(17-20-10-8-9-11-21(20)18-31)25(34)14-15-26-33-23-16-22(12-13-24(23)39-26)32-37-29(4,5)30(6,7)38-32/h8-13,16H,14-15,17-19H2,1-7H3. The molecule has 5 rings (SSSR count). The number of fused-ring (bicyclic) bond motifs is 2. The summed E-state index contributed by atoms with van der Waals surface area (Å²) in [6.07, 6.45) is 2.10. The zero-order chi connectivity index (χ0) is 28.2. The Labute approximate surface area is 235 Å². The van der Waals surface area contributed by atoms with E-state index in [4.69, 9.17) is 19.0 Å². The lowest BCUT2D eigenvalue weighted by molar-refractivity contribution is -0.159. The van der Waals surface area contributed by atoms with Crippen molar-refractivity contribution in [3.63, 3.8) is 0 Å². The summed E-state index contributed by atoms with van der Waals surface area (Å²) in [5.41, 5.74) is 1.93. The van der Waals surface area contributed by atoms with Gasteiger partial charge in [-0.2, -0.15) is 0 Å². The summed E-state index contributed by atoms with van der Waals surface area (Å²) in [5, 5.41) is 0.910. The molecule has 2 heterocycles. The van der Waals surface area contributed by atoms with Gasteiger partial charge >= 0.3 is 13.1 Å². The molecule has 2 aromatic carbocycles. The van der Waals surface area contributed by atoms with Crippen molar-refractivity contribution < 1.29 is 23.6 Å². The second-order valence-electron chi connectivity index (χ2n) is 13.0. The van der Waals surface area contributed by atoms with Gasteiger partial charge in [0, 0.05) is 18.3 Å². The number of benzene rings is 2. The molecule has 6 nitrogen and oxygen atoms in total. The first kappa shape index (κ1) is 28.0. The van der Waals surface area contributed by atoms with E-state index in [2.05, 4.69) is 18.2 Å². The van der Waals surface area contributed by atoms with Crippen LogP contribution in [0, 0.1) is 5.41 Å². The number of carbonyl (C=O) groups is 2. The first-order valence-electron chi connectivity index (χ1n) is 13.7. The van der Waals surface area contributed by atoms with E-state index in [9.17, 15) is 9.59 Å². The Morgan fingerprint density at radius 3 is 2.21 bits per heavy atom. The highest BCUT2D eigenvalue weighted by Crippen LogP contribution is 2.42. The Hall–Kier alpha value is -2.55. The van der Waals surface area contributed by atoms with Crippen molar-refractivity contribution in [2.75, 3.05) is 0 Å². The Morgan fingerprint density at radius 2 is 1.62 bits per heavy atom. The molecule has 0 saturated carbocycles.